The van der Waals surface area contributed by atoms with Crippen molar-refractivity contribution in [1.82, 2.24) is 10.6 Å². The summed E-state index contributed by atoms with van der Waals surface area (Å²) in [5, 5.41) is 8.23. The Morgan fingerprint density at radius 3 is 2.02 bits per heavy atom. The highest BCUT2D eigenvalue weighted by Crippen LogP contribution is 2.18. The van der Waals surface area contributed by atoms with Gasteiger partial charge in [0.15, 0.2) is 0 Å². The van der Waals surface area contributed by atoms with E-state index in [0.717, 1.165) is 11.1 Å². The van der Waals surface area contributed by atoms with Gasteiger partial charge in [-0.3, -0.25) is 4.79 Å². The molecule has 10 nitrogen and oxygen atoms in total. The maximum Gasteiger partial charge on any atom is 0.338 e. The maximum absolute atomic E-state index is 13.6. The Balaban J connectivity index is 1.69. The van der Waals surface area contributed by atoms with Crippen LogP contribution in [0.4, 0.5) is 10.5 Å². The Hall–Kier alpha value is -4.86. The van der Waals surface area contributed by atoms with E-state index in [1.54, 1.807) is 52.0 Å². The van der Waals surface area contributed by atoms with E-state index in [4.69, 9.17) is 14.2 Å². The fourth-order valence-electron chi connectivity index (χ4n) is 4.47. The molecule has 0 heterocycles. The number of carbonyl (C=O) groups is 4. The molecule has 0 aliphatic carbocycles. The summed E-state index contributed by atoms with van der Waals surface area (Å²) in [4.78, 5) is 51.6. The van der Waals surface area contributed by atoms with E-state index in [1.165, 1.54) is 0 Å². The lowest BCUT2D eigenvalue weighted by Crippen LogP contribution is -2.54. The second-order valence-electron chi connectivity index (χ2n) is 12.3. The SMILES string of the molecule is CCOC(=O)c1ccc(NC(=O)N[C@@H](CC(C)C)C(=O)N[C@@H](Cc2ccc(OCc3ccccc3)cc2)C(=O)OC(C)(C)C)cc1. The molecule has 3 amide bonds. The number of ether oxygens (including phenoxy) is 3. The molecule has 3 aromatic rings. The highest BCUT2D eigenvalue weighted by atomic mass is 16.6. The van der Waals surface area contributed by atoms with Gasteiger partial charge in [0.05, 0.1) is 12.2 Å². The summed E-state index contributed by atoms with van der Waals surface area (Å²) in [5.41, 5.74) is 1.85. The Kier molecular flexibility index (Phi) is 13.2. The summed E-state index contributed by atoms with van der Waals surface area (Å²) in [6, 6.07) is 20.8. The first-order valence-electron chi connectivity index (χ1n) is 15.5. The van der Waals surface area contributed by atoms with E-state index in [-0.39, 0.29) is 18.9 Å². The number of urea groups is 1. The predicted molar refractivity (Wildman–Crippen MR) is 176 cm³/mol. The first kappa shape index (κ1) is 35.6. The van der Waals surface area contributed by atoms with Gasteiger partial charge in [0.25, 0.3) is 0 Å². The lowest BCUT2D eigenvalue weighted by atomic mass is 10.0. The molecular weight excluding hydrogens is 586 g/mol. The molecule has 3 aromatic carbocycles. The zero-order valence-corrected chi connectivity index (χ0v) is 27.4. The first-order valence-corrected chi connectivity index (χ1v) is 15.5. The van der Waals surface area contributed by atoms with Crippen LogP contribution < -0.4 is 20.7 Å². The minimum Gasteiger partial charge on any atom is -0.489 e. The number of amides is 3. The zero-order valence-electron chi connectivity index (χ0n) is 27.4. The topological polar surface area (TPSA) is 132 Å². The van der Waals surface area contributed by atoms with Crippen LogP contribution in [0.2, 0.25) is 0 Å². The number of benzene rings is 3. The predicted octanol–water partition coefficient (Wildman–Crippen LogP) is 6.05. The minimum atomic E-state index is -1.00. The van der Waals surface area contributed by atoms with Gasteiger partial charge >= 0.3 is 18.0 Å². The molecule has 2 atom stereocenters. The molecule has 0 radical (unpaired) electrons. The van der Waals surface area contributed by atoms with Crippen molar-refractivity contribution in [3.8, 4) is 5.75 Å². The normalized spacial score (nSPS) is 12.4. The van der Waals surface area contributed by atoms with Crippen molar-refractivity contribution < 1.29 is 33.4 Å². The zero-order chi connectivity index (χ0) is 33.7. The lowest BCUT2D eigenvalue weighted by molar-refractivity contribution is -0.158. The molecule has 0 saturated heterocycles. The van der Waals surface area contributed by atoms with Crippen molar-refractivity contribution >= 4 is 29.6 Å². The molecule has 0 aliphatic rings. The second-order valence-corrected chi connectivity index (χ2v) is 12.3. The van der Waals surface area contributed by atoms with E-state index in [0.29, 0.717) is 30.0 Å². The number of esters is 2. The van der Waals surface area contributed by atoms with Crippen molar-refractivity contribution in [2.24, 2.45) is 5.92 Å². The standard InChI is InChI=1S/C36H45N3O7/c1-7-44-33(41)27-15-17-28(18-16-27)37-35(43)39-30(21-24(2)3)32(40)38-31(34(42)46-36(4,5)6)22-25-13-19-29(20-14-25)45-23-26-11-9-8-10-12-26/h8-20,24,30-31H,7,21-23H2,1-6H3,(H,38,40)(H2,37,39,43)/t30-,31-/m0/s1. The fraction of sp³-hybridized carbons (Fsp3) is 0.389. The molecule has 0 unspecified atom stereocenters. The average Bonchev–Trinajstić information content (AvgIpc) is 3.00. The molecule has 3 rings (SSSR count). The highest BCUT2D eigenvalue weighted by molar-refractivity contribution is 5.95. The Bertz CT molecular complexity index is 1430. The third-order valence-electron chi connectivity index (χ3n) is 6.60. The largest absolute Gasteiger partial charge is 0.489 e. The monoisotopic (exact) mass is 631 g/mol. The summed E-state index contributed by atoms with van der Waals surface area (Å²) in [7, 11) is 0. The smallest absolute Gasteiger partial charge is 0.338 e. The summed E-state index contributed by atoms with van der Waals surface area (Å²) >= 11 is 0. The van der Waals surface area contributed by atoms with Crippen LogP contribution in [0.3, 0.4) is 0 Å². The number of anilines is 1. The van der Waals surface area contributed by atoms with Gasteiger partial charge in [-0.15, -0.1) is 0 Å². The fourth-order valence-corrected chi connectivity index (χ4v) is 4.47. The molecule has 0 aliphatic heterocycles. The van der Waals surface area contributed by atoms with E-state index in [1.807, 2.05) is 68.4 Å². The number of nitrogens with one attached hydrogen (secondary N) is 3. The average molecular weight is 632 g/mol. The van der Waals surface area contributed by atoms with Crippen LogP contribution in [-0.4, -0.2) is 48.2 Å². The van der Waals surface area contributed by atoms with Crippen LogP contribution in [0.1, 0.15) is 69.4 Å². The molecular formula is C36H45N3O7. The van der Waals surface area contributed by atoms with E-state index >= 15 is 0 Å². The molecule has 0 spiro atoms. The van der Waals surface area contributed by atoms with Crippen LogP contribution in [-0.2, 0) is 32.1 Å². The molecule has 0 aromatic heterocycles. The van der Waals surface area contributed by atoms with Crippen molar-refractivity contribution in [2.75, 3.05) is 11.9 Å². The van der Waals surface area contributed by atoms with E-state index in [9.17, 15) is 19.2 Å². The minimum absolute atomic E-state index is 0.0586. The number of carbonyl (C=O) groups excluding carboxylic acids is 4. The third kappa shape index (κ3) is 12.3. The van der Waals surface area contributed by atoms with Crippen molar-refractivity contribution in [3.63, 3.8) is 0 Å². The van der Waals surface area contributed by atoms with Gasteiger partial charge in [-0.1, -0.05) is 56.3 Å². The lowest BCUT2D eigenvalue weighted by Gasteiger charge is -2.27. The Morgan fingerprint density at radius 1 is 0.783 bits per heavy atom. The van der Waals surface area contributed by atoms with Gasteiger partial charge in [0.1, 0.15) is 30.0 Å². The maximum atomic E-state index is 13.6. The van der Waals surface area contributed by atoms with E-state index in [2.05, 4.69) is 16.0 Å². The molecule has 246 valence electrons. The van der Waals surface area contributed by atoms with Gasteiger partial charge in [0, 0.05) is 12.1 Å². The molecule has 0 bridgehead atoms. The van der Waals surface area contributed by atoms with Crippen LogP contribution in [0, 0.1) is 5.92 Å². The summed E-state index contributed by atoms with van der Waals surface area (Å²) < 4.78 is 16.5. The third-order valence-corrected chi connectivity index (χ3v) is 6.60. The summed E-state index contributed by atoms with van der Waals surface area (Å²) in [6.07, 6.45) is 0.503. The Labute approximate surface area is 271 Å². The summed E-state index contributed by atoms with van der Waals surface area (Å²) in [5.74, 6) is -0.824. The quantitative estimate of drug-likeness (QED) is 0.185. The summed E-state index contributed by atoms with van der Waals surface area (Å²) in [6.45, 7) is 11.5. The van der Waals surface area contributed by atoms with Crippen molar-refractivity contribution in [1.29, 1.82) is 0 Å². The molecule has 0 saturated carbocycles. The van der Waals surface area contributed by atoms with Crippen LogP contribution in [0.25, 0.3) is 0 Å². The van der Waals surface area contributed by atoms with Crippen LogP contribution in [0.5, 0.6) is 5.75 Å². The highest BCUT2D eigenvalue weighted by Gasteiger charge is 2.30. The molecule has 46 heavy (non-hydrogen) atoms. The van der Waals surface area contributed by atoms with Gasteiger partial charge < -0.3 is 30.2 Å². The number of hydrogen-bond donors (Lipinski definition) is 3. The van der Waals surface area contributed by atoms with Gasteiger partial charge in [-0.05, 0) is 87.6 Å². The molecule has 10 heteroatoms. The van der Waals surface area contributed by atoms with Gasteiger partial charge in [-0.25, -0.2) is 14.4 Å². The van der Waals surface area contributed by atoms with Crippen molar-refractivity contribution in [2.45, 2.75) is 78.7 Å². The second kappa shape index (κ2) is 17.0. The molecule has 0 fully saturated rings. The number of hydrogen-bond acceptors (Lipinski definition) is 7. The first-order chi connectivity index (χ1) is 21.8. The van der Waals surface area contributed by atoms with Gasteiger partial charge in [0.2, 0.25) is 5.91 Å². The van der Waals surface area contributed by atoms with Crippen molar-refractivity contribution in [3.05, 3.63) is 95.6 Å². The molecule has 3 N–H and O–H groups in total. The van der Waals surface area contributed by atoms with Crippen LogP contribution >= 0.6 is 0 Å². The van der Waals surface area contributed by atoms with E-state index < -0.39 is 41.6 Å². The Morgan fingerprint density at radius 2 is 1.43 bits per heavy atom. The van der Waals surface area contributed by atoms with Gasteiger partial charge in [-0.2, -0.15) is 0 Å². The van der Waals surface area contributed by atoms with Crippen LogP contribution in [0.15, 0.2) is 78.9 Å². The number of rotatable bonds is 14.